The van der Waals surface area contributed by atoms with E-state index < -0.39 is 5.91 Å². The van der Waals surface area contributed by atoms with Crippen LogP contribution >= 0.6 is 0 Å². The first-order valence-electron chi connectivity index (χ1n) is 9.67. The van der Waals surface area contributed by atoms with Gasteiger partial charge in [-0.05, 0) is 36.1 Å². The largest absolute Gasteiger partial charge is 0.483 e. The molecule has 0 bridgehead atoms. The van der Waals surface area contributed by atoms with Crippen molar-refractivity contribution in [3.8, 4) is 5.75 Å². The highest BCUT2D eigenvalue weighted by Gasteiger charge is 2.23. The third kappa shape index (κ3) is 4.89. The Morgan fingerprint density at radius 3 is 2.61 bits per heavy atom. The first-order chi connectivity index (χ1) is 13.6. The van der Waals surface area contributed by atoms with Crippen LogP contribution in [0.25, 0.3) is 0 Å². The highest BCUT2D eigenvalue weighted by atomic mass is 16.5. The molecule has 0 spiro atoms. The van der Waals surface area contributed by atoms with Crippen molar-refractivity contribution >= 4 is 11.8 Å². The van der Waals surface area contributed by atoms with Crippen molar-refractivity contribution in [3.05, 3.63) is 65.2 Å². The number of fused-ring (bicyclic) bond motifs is 1. The number of nitrogens with one attached hydrogen (secondary N) is 1. The fourth-order valence-electron chi connectivity index (χ4n) is 3.60. The van der Waals surface area contributed by atoms with Crippen LogP contribution in [0.4, 0.5) is 0 Å². The van der Waals surface area contributed by atoms with Gasteiger partial charge in [0.2, 0.25) is 0 Å². The van der Waals surface area contributed by atoms with Gasteiger partial charge in [0, 0.05) is 25.7 Å². The van der Waals surface area contributed by atoms with Crippen LogP contribution in [0.2, 0.25) is 0 Å². The number of carbonyl (C=O) groups is 2. The number of carbonyl (C=O) groups excluding carboxylic acids is 2. The van der Waals surface area contributed by atoms with E-state index in [2.05, 4.69) is 41.4 Å². The summed E-state index contributed by atoms with van der Waals surface area (Å²) in [7, 11) is 0. The summed E-state index contributed by atoms with van der Waals surface area (Å²) in [6, 6.07) is 15.7. The molecular weight excluding hydrogens is 354 g/mol. The standard InChI is InChI=1S/C22H27N3O3/c1-2-18(25-12-11-16-7-3-4-8-17(16)14-25)13-24-22(27)19-9-5-6-10-20(19)28-15-21(23)26/h3-10,18H,2,11-15H2,1H3,(H2,23,26)(H,24,27)/t18-/m1/s1. The summed E-state index contributed by atoms with van der Waals surface area (Å²) in [5, 5.41) is 3.02. The SMILES string of the molecule is CC[C@H](CNC(=O)c1ccccc1OCC(N)=O)N1CCc2ccccc2C1. The van der Waals surface area contributed by atoms with E-state index in [4.69, 9.17) is 10.5 Å². The van der Waals surface area contributed by atoms with Gasteiger partial charge in [-0.1, -0.05) is 43.3 Å². The second-order valence-electron chi connectivity index (χ2n) is 7.01. The second-order valence-corrected chi connectivity index (χ2v) is 7.01. The molecule has 2 amide bonds. The minimum Gasteiger partial charge on any atom is -0.483 e. The fourth-order valence-corrected chi connectivity index (χ4v) is 3.60. The molecule has 0 unspecified atom stereocenters. The van der Waals surface area contributed by atoms with E-state index in [1.54, 1.807) is 24.3 Å². The molecular formula is C22H27N3O3. The van der Waals surface area contributed by atoms with Crippen molar-refractivity contribution < 1.29 is 14.3 Å². The third-order valence-electron chi connectivity index (χ3n) is 5.15. The highest BCUT2D eigenvalue weighted by molar-refractivity contribution is 5.97. The Morgan fingerprint density at radius 1 is 1.14 bits per heavy atom. The predicted molar refractivity (Wildman–Crippen MR) is 108 cm³/mol. The molecule has 6 nitrogen and oxygen atoms in total. The number of para-hydroxylation sites is 1. The summed E-state index contributed by atoms with van der Waals surface area (Å²) in [6.07, 6.45) is 1.98. The van der Waals surface area contributed by atoms with Gasteiger partial charge in [-0.3, -0.25) is 14.5 Å². The van der Waals surface area contributed by atoms with Gasteiger partial charge in [-0.2, -0.15) is 0 Å². The highest BCUT2D eigenvalue weighted by Crippen LogP contribution is 2.22. The lowest BCUT2D eigenvalue weighted by molar-refractivity contribution is -0.119. The number of rotatable bonds is 8. The van der Waals surface area contributed by atoms with E-state index in [9.17, 15) is 9.59 Å². The van der Waals surface area contributed by atoms with Crippen LogP contribution in [-0.4, -0.2) is 42.5 Å². The Bertz CT molecular complexity index is 837. The Labute approximate surface area is 165 Å². The fraction of sp³-hybridized carbons (Fsp3) is 0.364. The van der Waals surface area contributed by atoms with E-state index in [1.807, 2.05) is 0 Å². The van der Waals surface area contributed by atoms with Gasteiger partial charge in [0.15, 0.2) is 6.61 Å². The molecule has 3 rings (SSSR count). The normalized spacial score (nSPS) is 14.8. The second kappa shape index (κ2) is 9.37. The molecule has 28 heavy (non-hydrogen) atoms. The lowest BCUT2D eigenvalue weighted by atomic mass is 9.98. The molecule has 2 aromatic rings. The van der Waals surface area contributed by atoms with Crippen LogP contribution in [0.1, 0.15) is 34.8 Å². The van der Waals surface area contributed by atoms with Crippen LogP contribution < -0.4 is 15.8 Å². The van der Waals surface area contributed by atoms with Crippen LogP contribution in [-0.2, 0) is 17.8 Å². The van der Waals surface area contributed by atoms with Gasteiger partial charge in [-0.15, -0.1) is 0 Å². The lowest BCUT2D eigenvalue weighted by Gasteiger charge is -2.35. The molecule has 3 N–H and O–H groups in total. The smallest absolute Gasteiger partial charge is 0.255 e. The zero-order valence-corrected chi connectivity index (χ0v) is 16.2. The molecule has 0 saturated heterocycles. The molecule has 1 heterocycles. The molecule has 0 saturated carbocycles. The number of amides is 2. The molecule has 1 atom stereocenters. The van der Waals surface area contributed by atoms with Crippen molar-refractivity contribution in [3.63, 3.8) is 0 Å². The van der Waals surface area contributed by atoms with E-state index >= 15 is 0 Å². The summed E-state index contributed by atoms with van der Waals surface area (Å²) >= 11 is 0. The minimum atomic E-state index is -0.577. The maximum Gasteiger partial charge on any atom is 0.255 e. The number of primary amides is 1. The Morgan fingerprint density at radius 2 is 1.86 bits per heavy atom. The average molecular weight is 381 g/mol. The Kier molecular flexibility index (Phi) is 6.66. The molecule has 0 fully saturated rings. The van der Waals surface area contributed by atoms with Crippen molar-refractivity contribution in [2.45, 2.75) is 32.4 Å². The van der Waals surface area contributed by atoms with Crippen molar-refractivity contribution in [1.29, 1.82) is 0 Å². The number of nitrogens with two attached hydrogens (primary N) is 1. The van der Waals surface area contributed by atoms with E-state index in [1.165, 1.54) is 11.1 Å². The first-order valence-corrected chi connectivity index (χ1v) is 9.67. The van der Waals surface area contributed by atoms with E-state index in [-0.39, 0.29) is 18.6 Å². The summed E-state index contributed by atoms with van der Waals surface area (Å²) in [6.45, 7) is 4.34. The van der Waals surface area contributed by atoms with Gasteiger partial charge in [0.05, 0.1) is 5.56 Å². The predicted octanol–water partition coefficient (Wildman–Crippen LogP) is 2.12. The molecule has 2 aromatic carbocycles. The quantitative estimate of drug-likeness (QED) is 0.734. The third-order valence-corrected chi connectivity index (χ3v) is 5.15. The Balaban J connectivity index is 1.61. The minimum absolute atomic E-state index is 0.212. The molecule has 1 aliphatic rings. The molecule has 0 radical (unpaired) electrons. The molecule has 0 aliphatic carbocycles. The first kappa shape index (κ1) is 19.9. The maximum atomic E-state index is 12.7. The van der Waals surface area contributed by atoms with E-state index in [0.29, 0.717) is 17.9 Å². The average Bonchev–Trinajstić information content (AvgIpc) is 2.72. The topological polar surface area (TPSA) is 84.7 Å². The maximum absolute atomic E-state index is 12.7. The van der Waals surface area contributed by atoms with Crippen LogP contribution in [0.15, 0.2) is 48.5 Å². The van der Waals surface area contributed by atoms with Gasteiger partial charge in [0.1, 0.15) is 5.75 Å². The van der Waals surface area contributed by atoms with Gasteiger partial charge in [0.25, 0.3) is 11.8 Å². The molecule has 6 heteroatoms. The number of ether oxygens (including phenoxy) is 1. The number of nitrogens with zero attached hydrogens (tertiary/aromatic N) is 1. The van der Waals surface area contributed by atoms with Crippen molar-refractivity contribution in [2.24, 2.45) is 5.73 Å². The van der Waals surface area contributed by atoms with Gasteiger partial charge < -0.3 is 15.8 Å². The van der Waals surface area contributed by atoms with E-state index in [0.717, 1.165) is 25.9 Å². The number of hydrogen-bond donors (Lipinski definition) is 2. The molecule has 1 aliphatic heterocycles. The number of hydrogen-bond acceptors (Lipinski definition) is 4. The summed E-state index contributed by atoms with van der Waals surface area (Å²) in [5.74, 6) is -0.429. The summed E-state index contributed by atoms with van der Waals surface area (Å²) in [5.41, 5.74) is 8.31. The van der Waals surface area contributed by atoms with Crippen molar-refractivity contribution in [1.82, 2.24) is 10.2 Å². The van der Waals surface area contributed by atoms with Gasteiger partial charge in [-0.25, -0.2) is 0 Å². The lowest BCUT2D eigenvalue weighted by Crippen LogP contribution is -2.45. The summed E-state index contributed by atoms with van der Waals surface area (Å²) in [4.78, 5) is 26.1. The zero-order chi connectivity index (χ0) is 19.9. The van der Waals surface area contributed by atoms with Crippen LogP contribution in [0.3, 0.4) is 0 Å². The monoisotopic (exact) mass is 381 g/mol. The Hall–Kier alpha value is -2.86. The summed E-state index contributed by atoms with van der Waals surface area (Å²) < 4.78 is 5.36. The molecule has 148 valence electrons. The van der Waals surface area contributed by atoms with Crippen LogP contribution in [0.5, 0.6) is 5.75 Å². The number of benzene rings is 2. The van der Waals surface area contributed by atoms with Gasteiger partial charge >= 0.3 is 0 Å². The van der Waals surface area contributed by atoms with Crippen LogP contribution in [0, 0.1) is 0 Å². The zero-order valence-electron chi connectivity index (χ0n) is 16.2. The molecule has 0 aromatic heterocycles. The van der Waals surface area contributed by atoms with Crippen molar-refractivity contribution in [2.75, 3.05) is 19.7 Å².